The first-order chi connectivity index (χ1) is 10.9. The highest BCUT2D eigenvalue weighted by Gasteiger charge is 2.17. The number of nitrogens with zero attached hydrogens (tertiary/aromatic N) is 3. The lowest BCUT2D eigenvalue weighted by molar-refractivity contribution is 0.102. The highest BCUT2D eigenvalue weighted by atomic mass is 32.1. The maximum Gasteiger partial charge on any atom is 0.280 e. The van der Waals surface area contributed by atoms with E-state index in [1.54, 1.807) is 0 Å². The SMILES string of the molecule is Cc1ccc2nc(NC(=O)c3cc(C(F)F)nc(C)n3)sc2c1. The molecule has 2 heterocycles. The first-order valence-corrected chi connectivity index (χ1v) is 7.56. The Kier molecular flexibility index (Phi) is 3.99. The molecule has 0 radical (unpaired) electrons. The van der Waals surface area contributed by atoms with Gasteiger partial charge in [0.25, 0.3) is 12.3 Å². The Morgan fingerprint density at radius 3 is 2.70 bits per heavy atom. The summed E-state index contributed by atoms with van der Waals surface area (Å²) in [5.41, 5.74) is 1.28. The molecule has 0 aliphatic carbocycles. The monoisotopic (exact) mass is 334 g/mol. The lowest BCUT2D eigenvalue weighted by Crippen LogP contribution is -2.15. The van der Waals surface area contributed by atoms with Crippen LogP contribution in [0.3, 0.4) is 0 Å². The Labute approximate surface area is 134 Å². The van der Waals surface area contributed by atoms with Gasteiger partial charge in [-0.3, -0.25) is 10.1 Å². The fraction of sp³-hybridized carbons (Fsp3) is 0.200. The second kappa shape index (κ2) is 5.96. The fourth-order valence-electron chi connectivity index (χ4n) is 2.07. The molecule has 0 bridgehead atoms. The molecule has 0 fully saturated rings. The number of benzene rings is 1. The summed E-state index contributed by atoms with van der Waals surface area (Å²) in [4.78, 5) is 24.0. The zero-order valence-electron chi connectivity index (χ0n) is 12.3. The second-order valence-electron chi connectivity index (χ2n) is 4.97. The van der Waals surface area contributed by atoms with Crippen molar-refractivity contribution in [2.24, 2.45) is 0 Å². The van der Waals surface area contributed by atoms with Gasteiger partial charge in [-0.2, -0.15) is 0 Å². The minimum Gasteiger partial charge on any atom is -0.296 e. The zero-order valence-corrected chi connectivity index (χ0v) is 13.1. The van der Waals surface area contributed by atoms with Crippen LogP contribution in [0.2, 0.25) is 0 Å². The largest absolute Gasteiger partial charge is 0.296 e. The summed E-state index contributed by atoms with van der Waals surface area (Å²) in [5, 5.41) is 2.99. The number of halogens is 2. The van der Waals surface area contributed by atoms with Crippen molar-refractivity contribution in [2.45, 2.75) is 20.3 Å². The van der Waals surface area contributed by atoms with Crippen molar-refractivity contribution in [2.75, 3.05) is 5.32 Å². The molecule has 3 aromatic rings. The van der Waals surface area contributed by atoms with E-state index in [4.69, 9.17) is 0 Å². The predicted octanol–water partition coefficient (Wildman–Crippen LogP) is 3.89. The number of fused-ring (bicyclic) bond motifs is 1. The van der Waals surface area contributed by atoms with E-state index in [9.17, 15) is 13.6 Å². The summed E-state index contributed by atoms with van der Waals surface area (Å²) < 4.78 is 26.5. The molecule has 0 atom stereocenters. The van der Waals surface area contributed by atoms with Crippen molar-refractivity contribution >= 4 is 32.6 Å². The van der Waals surface area contributed by atoms with Gasteiger partial charge in [0.15, 0.2) is 5.13 Å². The average molecular weight is 334 g/mol. The maximum absolute atomic E-state index is 12.8. The van der Waals surface area contributed by atoms with Crippen LogP contribution in [0.25, 0.3) is 10.2 Å². The van der Waals surface area contributed by atoms with Crippen molar-refractivity contribution < 1.29 is 13.6 Å². The number of aromatic nitrogens is 3. The normalized spacial score (nSPS) is 11.2. The zero-order chi connectivity index (χ0) is 16.6. The van der Waals surface area contributed by atoms with Gasteiger partial charge in [0.05, 0.1) is 10.2 Å². The topological polar surface area (TPSA) is 67.8 Å². The molecule has 23 heavy (non-hydrogen) atoms. The number of thiazole rings is 1. The second-order valence-corrected chi connectivity index (χ2v) is 6.00. The summed E-state index contributed by atoms with van der Waals surface area (Å²) in [6.07, 6.45) is -2.76. The van der Waals surface area contributed by atoms with Crippen LogP contribution in [0.5, 0.6) is 0 Å². The average Bonchev–Trinajstić information content (AvgIpc) is 2.87. The molecule has 1 N–H and O–H groups in total. The van der Waals surface area contributed by atoms with Gasteiger partial charge in [0.2, 0.25) is 0 Å². The van der Waals surface area contributed by atoms with E-state index in [2.05, 4.69) is 20.3 Å². The molecule has 118 valence electrons. The van der Waals surface area contributed by atoms with Gasteiger partial charge in [-0.1, -0.05) is 17.4 Å². The van der Waals surface area contributed by atoms with Crippen LogP contribution >= 0.6 is 11.3 Å². The number of aryl methyl sites for hydroxylation is 2. The third-order valence-corrected chi connectivity index (χ3v) is 4.01. The smallest absolute Gasteiger partial charge is 0.280 e. The van der Waals surface area contributed by atoms with Crippen LogP contribution in [-0.2, 0) is 0 Å². The molecule has 0 saturated heterocycles. The number of amides is 1. The summed E-state index contributed by atoms with van der Waals surface area (Å²) in [7, 11) is 0. The minimum absolute atomic E-state index is 0.108. The molecule has 0 aliphatic rings. The number of hydrogen-bond acceptors (Lipinski definition) is 5. The highest BCUT2D eigenvalue weighted by Crippen LogP contribution is 2.27. The summed E-state index contributed by atoms with van der Waals surface area (Å²) in [5.74, 6) is -0.471. The number of hydrogen-bond donors (Lipinski definition) is 1. The summed E-state index contributed by atoms with van der Waals surface area (Å²) in [6.45, 7) is 3.43. The molecule has 0 saturated carbocycles. The third kappa shape index (κ3) is 3.31. The minimum atomic E-state index is -2.76. The van der Waals surface area contributed by atoms with E-state index in [1.165, 1.54) is 18.3 Å². The van der Waals surface area contributed by atoms with Crippen LogP contribution in [0.15, 0.2) is 24.3 Å². The van der Waals surface area contributed by atoms with Gasteiger partial charge >= 0.3 is 0 Å². The molecule has 3 rings (SSSR count). The highest BCUT2D eigenvalue weighted by molar-refractivity contribution is 7.22. The Bertz CT molecular complexity index is 894. The Morgan fingerprint density at radius 1 is 1.17 bits per heavy atom. The molecule has 1 amide bonds. The van der Waals surface area contributed by atoms with Crippen LogP contribution < -0.4 is 5.32 Å². The number of nitrogens with one attached hydrogen (secondary N) is 1. The van der Waals surface area contributed by atoms with E-state index in [0.717, 1.165) is 21.8 Å². The number of alkyl halides is 2. The molecule has 5 nitrogen and oxygen atoms in total. The first kappa shape index (κ1) is 15.4. The first-order valence-electron chi connectivity index (χ1n) is 6.74. The van der Waals surface area contributed by atoms with Gasteiger partial charge in [0.1, 0.15) is 17.2 Å². The summed E-state index contributed by atoms with van der Waals surface area (Å²) >= 11 is 1.31. The lowest BCUT2D eigenvalue weighted by Gasteiger charge is -2.05. The molecule has 8 heteroatoms. The summed E-state index contributed by atoms with van der Waals surface area (Å²) in [6, 6.07) is 6.74. The fourth-order valence-corrected chi connectivity index (χ4v) is 3.02. The third-order valence-electron chi connectivity index (χ3n) is 3.08. The van der Waals surface area contributed by atoms with Crippen LogP contribution in [0.4, 0.5) is 13.9 Å². The molecule has 1 aromatic carbocycles. The van der Waals surface area contributed by atoms with E-state index in [-0.39, 0.29) is 11.5 Å². The number of carbonyl (C=O) groups excluding carboxylic acids is 1. The molecule has 0 aliphatic heterocycles. The van der Waals surface area contributed by atoms with Crippen molar-refractivity contribution in [1.82, 2.24) is 15.0 Å². The van der Waals surface area contributed by atoms with Crippen molar-refractivity contribution in [1.29, 1.82) is 0 Å². The Balaban J connectivity index is 1.88. The van der Waals surface area contributed by atoms with E-state index in [0.29, 0.717) is 5.13 Å². The van der Waals surface area contributed by atoms with Crippen molar-refractivity contribution in [3.05, 3.63) is 47.0 Å². The number of carbonyl (C=O) groups is 1. The molecule has 0 spiro atoms. The van der Waals surface area contributed by atoms with E-state index < -0.39 is 18.0 Å². The molecular weight excluding hydrogens is 322 g/mol. The lowest BCUT2D eigenvalue weighted by atomic mass is 10.2. The number of rotatable bonds is 3. The van der Waals surface area contributed by atoms with Crippen molar-refractivity contribution in [3.63, 3.8) is 0 Å². The van der Waals surface area contributed by atoms with Crippen LogP contribution in [-0.4, -0.2) is 20.9 Å². The van der Waals surface area contributed by atoms with Crippen LogP contribution in [0, 0.1) is 13.8 Å². The molecule has 2 aromatic heterocycles. The van der Waals surface area contributed by atoms with E-state index in [1.807, 2.05) is 25.1 Å². The number of anilines is 1. The van der Waals surface area contributed by atoms with Gasteiger partial charge in [-0.15, -0.1) is 0 Å². The van der Waals surface area contributed by atoms with Gasteiger partial charge in [-0.05, 0) is 37.6 Å². The van der Waals surface area contributed by atoms with Gasteiger partial charge in [-0.25, -0.2) is 23.7 Å². The Morgan fingerprint density at radius 2 is 1.96 bits per heavy atom. The maximum atomic E-state index is 12.8. The van der Waals surface area contributed by atoms with E-state index >= 15 is 0 Å². The van der Waals surface area contributed by atoms with Crippen molar-refractivity contribution in [3.8, 4) is 0 Å². The quantitative estimate of drug-likeness (QED) is 0.789. The Hall–Kier alpha value is -2.48. The van der Waals surface area contributed by atoms with Gasteiger partial charge in [0, 0.05) is 0 Å². The molecular formula is C15H12F2N4OS. The van der Waals surface area contributed by atoms with Gasteiger partial charge < -0.3 is 0 Å². The van der Waals surface area contributed by atoms with Crippen LogP contribution in [0.1, 0.15) is 34.0 Å². The molecule has 0 unspecified atom stereocenters. The standard InChI is InChI=1S/C15H12F2N4OS/c1-7-3-4-9-12(5-7)23-15(20-9)21-14(22)11-6-10(13(16)17)18-8(2)19-11/h3-6,13H,1-2H3,(H,20,21,22). The predicted molar refractivity (Wildman–Crippen MR) is 84.0 cm³/mol.